The third-order valence-corrected chi connectivity index (χ3v) is 3.76. The maximum Gasteiger partial charge on any atom is 0.326 e. The van der Waals surface area contributed by atoms with Gasteiger partial charge in [-0.3, -0.25) is 4.79 Å². The lowest BCUT2D eigenvalue weighted by molar-refractivity contribution is -0.139. The number of carbonyl (C=O) groups is 2. The number of aromatic nitrogens is 3. The largest absolute Gasteiger partial charge is 0.480 e. The molecule has 128 valence electrons. The molecular weight excluding hydrogens is 327 g/mol. The second-order valence-corrected chi connectivity index (χ2v) is 5.57. The zero-order valence-electron chi connectivity index (χ0n) is 13.3. The van der Waals surface area contributed by atoms with Crippen LogP contribution in [-0.2, 0) is 11.2 Å². The number of nitrogens with one attached hydrogen (secondary N) is 2. The summed E-state index contributed by atoms with van der Waals surface area (Å²) in [5, 5.41) is 12.1. The third kappa shape index (κ3) is 3.47. The number of carbonyl (C=O) groups excluding carboxylic acids is 1. The highest BCUT2D eigenvalue weighted by Gasteiger charge is 2.24. The first-order valence-corrected chi connectivity index (χ1v) is 7.53. The Bertz CT molecular complexity index is 954. The van der Waals surface area contributed by atoms with Crippen LogP contribution in [0, 0.1) is 12.7 Å². The van der Waals surface area contributed by atoms with E-state index in [0.717, 1.165) is 0 Å². The summed E-state index contributed by atoms with van der Waals surface area (Å²) in [6.45, 7) is 1.70. The van der Waals surface area contributed by atoms with Crippen LogP contribution in [0.2, 0.25) is 0 Å². The predicted octanol–water partition coefficient (Wildman–Crippen LogP) is 1.83. The quantitative estimate of drug-likeness (QED) is 0.655. The van der Waals surface area contributed by atoms with Gasteiger partial charge in [-0.1, -0.05) is 6.07 Å². The Morgan fingerprint density at radius 2 is 2.16 bits per heavy atom. The molecule has 0 radical (unpaired) electrons. The molecule has 0 aliphatic rings. The van der Waals surface area contributed by atoms with Crippen molar-refractivity contribution in [3.05, 3.63) is 59.6 Å². The number of hydrogen-bond acceptors (Lipinski definition) is 4. The highest BCUT2D eigenvalue weighted by Crippen LogP contribution is 2.22. The van der Waals surface area contributed by atoms with E-state index >= 15 is 0 Å². The fourth-order valence-corrected chi connectivity index (χ4v) is 2.57. The summed E-state index contributed by atoms with van der Waals surface area (Å²) >= 11 is 0. The first-order chi connectivity index (χ1) is 12.0. The average Bonchev–Trinajstić information content (AvgIpc) is 2.98. The Morgan fingerprint density at radius 3 is 2.88 bits per heavy atom. The molecule has 3 N–H and O–H groups in total. The molecule has 2 heterocycles. The first-order valence-electron chi connectivity index (χ1n) is 7.53. The Labute approximate surface area is 141 Å². The standard InChI is InChI=1S/C17H15FN4O3/c1-9-5-6-19-15(21-9)16(23)22-13(17(24)25)7-10-8-20-12-4-2-3-11(18)14(10)12/h2-6,8,13,20H,7H2,1H3,(H,22,23)(H,24,25). The number of carboxylic acid groups (broad SMARTS) is 1. The highest BCUT2D eigenvalue weighted by molar-refractivity contribution is 5.94. The predicted molar refractivity (Wildman–Crippen MR) is 87.6 cm³/mol. The van der Waals surface area contributed by atoms with E-state index < -0.39 is 23.7 Å². The Kier molecular flexibility index (Phi) is 4.42. The number of aromatic amines is 1. The summed E-state index contributed by atoms with van der Waals surface area (Å²) in [5.41, 5.74) is 1.61. The Morgan fingerprint density at radius 1 is 1.36 bits per heavy atom. The number of fused-ring (bicyclic) bond motifs is 1. The van der Waals surface area contributed by atoms with Crippen LogP contribution >= 0.6 is 0 Å². The Balaban J connectivity index is 1.84. The number of nitrogens with zero attached hydrogens (tertiary/aromatic N) is 2. The summed E-state index contributed by atoms with van der Waals surface area (Å²) < 4.78 is 14.0. The molecule has 0 spiro atoms. The monoisotopic (exact) mass is 342 g/mol. The maximum atomic E-state index is 14.0. The fraction of sp³-hybridized carbons (Fsp3) is 0.176. The van der Waals surface area contributed by atoms with Crippen molar-refractivity contribution in [3.8, 4) is 0 Å². The lowest BCUT2D eigenvalue weighted by Gasteiger charge is -2.13. The Hall–Kier alpha value is -3.29. The molecule has 2 aromatic heterocycles. The van der Waals surface area contributed by atoms with Gasteiger partial charge in [0.25, 0.3) is 5.91 Å². The molecule has 3 rings (SSSR count). The number of H-pyrrole nitrogens is 1. The van der Waals surface area contributed by atoms with Crippen molar-refractivity contribution in [2.45, 2.75) is 19.4 Å². The molecule has 0 saturated carbocycles. The lowest BCUT2D eigenvalue weighted by Crippen LogP contribution is -2.43. The SMILES string of the molecule is Cc1ccnc(C(=O)NC(Cc2c[nH]c3cccc(F)c23)C(=O)O)n1. The van der Waals surface area contributed by atoms with Gasteiger partial charge in [-0.15, -0.1) is 0 Å². The number of aryl methyl sites for hydroxylation is 1. The third-order valence-electron chi connectivity index (χ3n) is 3.76. The van der Waals surface area contributed by atoms with Crippen LogP contribution in [0.1, 0.15) is 21.9 Å². The minimum atomic E-state index is -1.24. The van der Waals surface area contributed by atoms with Crippen LogP contribution in [0.15, 0.2) is 36.7 Å². The summed E-state index contributed by atoms with van der Waals surface area (Å²) in [7, 11) is 0. The van der Waals surface area contributed by atoms with Gasteiger partial charge in [0.05, 0.1) is 0 Å². The van der Waals surface area contributed by atoms with Crippen molar-refractivity contribution in [1.82, 2.24) is 20.3 Å². The van der Waals surface area contributed by atoms with E-state index in [0.29, 0.717) is 22.2 Å². The van der Waals surface area contributed by atoms with E-state index in [-0.39, 0.29) is 12.2 Å². The van der Waals surface area contributed by atoms with E-state index in [9.17, 15) is 19.1 Å². The molecule has 3 aromatic rings. The molecule has 1 unspecified atom stereocenters. The zero-order chi connectivity index (χ0) is 18.0. The molecule has 0 bridgehead atoms. The highest BCUT2D eigenvalue weighted by atomic mass is 19.1. The molecule has 7 nitrogen and oxygen atoms in total. The zero-order valence-corrected chi connectivity index (χ0v) is 13.3. The van der Waals surface area contributed by atoms with Gasteiger partial charge in [-0.05, 0) is 30.7 Å². The number of rotatable bonds is 5. The number of carboxylic acids is 1. The average molecular weight is 342 g/mol. The molecule has 8 heteroatoms. The molecule has 0 aliphatic heterocycles. The van der Waals surface area contributed by atoms with Gasteiger partial charge in [-0.2, -0.15) is 0 Å². The molecule has 1 atom stereocenters. The number of hydrogen-bond donors (Lipinski definition) is 3. The number of amides is 1. The molecule has 0 saturated heterocycles. The number of aliphatic carboxylic acids is 1. The lowest BCUT2D eigenvalue weighted by atomic mass is 10.0. The topological polar surface area (TPSA) is 108 Å². The minimum Gasteiger partial charge on any atom is -0.480 e. The van der Waals surface area contributed by atoms with E-state index in [2.05, 4.69) is 20.3 Å². The van der Waals surface area contributed by atoms with Crippen molar-refractivity contribution in [2.75, 3.05) is 0 Å². The summed E-state index contributed by atoms with van der Waals surface area (Å²) in [5.74, 6) is -2.49. The van der Waals surface area contributed by atoms with Crippen molar-refractivity contribution in [2.24, 2.45) is 0 Å². The van der Waals surface area contributed by atoms with E-state index in [1.54, 1.807) is 31.3 Å². The van der Waals surface area contributed by atoms with Crippen LogP contribution in [-0.4, -0.2) is 38.0 Å². The van der Waals surface area contributed by atoms with Crippen LogP contribution in [0.25, 0.3) is 10.9 Å². The first kappa shape index (κ1) is 16.6. The molecule has 1 amide bonds. The van der Waals surface area contributed by atoms with Gasteiger partial charge in [-0.25, -0.2) is 19.2 Å². The van der Waals surface area contributed by atoms with E-state index in [1.807, 2.05) is 0 Å². The van der Waals surface area contributed by atoms with Gasteiger partial charge in [0.1, 0.15) is 11.9 Å². The summed E-state index contributed by atoms with van der Waals surface area (Å²) in [6.07, 6.45) is 2.88. The van der Waals surface area contributed by atoms with Gasteiger partial charge in [0.15, 0.2) is 0 Å². The van der Waals surface area contributed by atoms with Crippen molar-refractivity contribution >= 4 is 22.8 Å². The number of benzene rings is 1. The fourth-order valence-electron chi connectivity index (χ4n) is 2.57. The van der Waals surface area contributed by atoms with Crippen molar-refractivity contribution < 1.29 is 19.1 Å². The smallest absolute Gasteiger partial charge is 0.326 e. The molecule has 0 fully saturated rings. The molecule has 0 aliphatic carbocycles. The molecular formula is C17H15FN4O3. The van der Waals surface area contributed by atoms with Crippen LogP contribution in [0.5, 0.6) is 0 Å². The summed E-state index contributed by atoms with van der Waals surface area (Å²) in [6, 6.07) is 4.94. The van der Waals surface area contributed by atoms with Crippen LogP contribution in [0.4, 0.5) is 4.39 Å². The minimum absolute atomic E-state index is 0.0756. The normalized spacial score (nSPS) is 12.1. The molecule has 1 aromatic carbocycles. The number of halogens is 1. The summed E-state index contributed by atoms with van der Waals surface area (Å²) in [4.78, 5) is 34.4. The van der Waals surface area contributed by atoms with E-state index in [1.165, 1.54) is 12.3 Å². The second-order valence-electron chi connectivity index (χ2n) is 5.57. The van der Waals surface area contributed by atoms with Gasteiger partial charge < -0.3 is 15.4 Å². The molecule has 25 heavy (non-hydrogen) atoms. The van der Waals surface area contributed by atoms with Gasteiger partial charge in [0, 0.05) is 35.4 Å². The van der Waals surface area contributed by atoms with E-state index in [4.69, 9.17) is 0 Å². The van der Waals surface area contributed by atoms with Gasteiger partial charge in [0.2, 0.25) is 5.82 Å². The second kappa shape index (κ2) is 6.68. The van der Waals surface area contributed by atoms with Crippen LogP contribution in [0.3, 0.4) is 0 Å². The van der Waals surface area contributed by atoms with Crippen molar-refractivity contribution in [3.63, 3.8) is 0 Å². The van der Waals surface area contributed by atoms with Crippen LogP contribution < -0.4 is 5.32 Å². The van der Waals surface area contributed by atoms with Crippen molar-refractivity contribution in [1.29, 1.82) is 0 Å². The maximum absolute atomic E-state index is 14.0. The van der Waals surface area contributed by atoms with Gasteiger partial charge >= 0.3 is 5.97 Å².